The molecule has 0 aliphatic heterocycles. The number of aromatic nitrogens is 2. The van der Waals surface area contributed by atoms with E-state index in [1.54, 1.807) is 0 Å². The van der Waals surface area contributed by atoms with Crippen molar-refractivity contribution in [3.05, 3.63) is 18.2 Å². The highest BCUT2D eigenvalue weighted by Gasteiger charge is 2.04. The van der Waals surface area contributed by atoms with Gasteiger partial charge in [0, 0.05) is 25.8 Å². The molecule has 0 aliphatic rings. The molecule has 80 valence electrons. The molecular formula is C10H19N3O. The summed E-state index contributed by atoms with van der Waals surface area (Å²) in [5.41, 5.74) is 1.21. The minimum Gasteiger partial charge on any atom is -0.395 e. The molecule has 0 unspecified atom stereocenters. The molecule has 0 fully saturated rings. The molecule has 1 aromatic heterocycles. The summed E-state index contributed by atoms with van der Waals surface area (Å²) in [6.07, 6.45) is 4.88. The lowest BCUT2D eigenvalue weighted by atomic mass is 10.4. The Morgan fingerprint density at radius 2 is 2.36 bits per heavy atom. The predicted molar refractivity (Wildman–Crippen MR) is 55.9 cm³/mol. The van der Waals surface area contributed by atoms with Crippen molar-refractivity contribution in [2.75, 3.05) is 20.2 Å². The Kier molecular flexibility index (Phi) is 4.62. The Morgan fingerprint density at radius 1 is 1.57 bits per heavy atom. The van der Waals surface area contributed by atoms with Gasteiger partial charge in [0.2, 0.25) is 0 Å². The van der Waals surface area contributed by atoms with Gasteiger partial charge in [-0.25, -0.2) is 4.98 Å². The van der Waals surface area contributed by atoms with Crippen molar-refractivity contribution in [1.82, 2.24) is 14.5 Å². The van der Waals surface area contributed by atoms with Crippen LogP contribution < -0.4 is 0 Å². The smallest absolute Gasteiger partial charge is 0.0948 e. The van der Waals surface area contributed by atoms with Crippen LogP contribution in [0.3, 0.4) is 0 Å². The van der Waals surface area contributed by atoms with Gasteiger partial charge in [-0.15, -0.1) is 0 Å². The zero-order valence-corrected chi connectivity index (χ0v) is 8.98. The van der Waals surface area contributed by atoms with Crippen molar-refractivity contribution >= 4 is 0 Å². The lowest BCUT2D eigenvalue weighted by Gasteiger charge is -2.15. The average molecular weight is 197 g/mol. The summed E-state index contributed by atoms with van der Waals surface area (Å²) in [5.74, 6) is 0. The summed E-state index contributed by atoms with van der Waals surface area (Å²) in [5, 5.41) is 8.77. The summed E-state index contributed by atoms with van der Waals surface area (Å²) < 4.78 is 2.16. The second kappa shape index (κ2) is 5.78. The van der Waals surface area contributed by atoms with Crippen molar-refractivity contribution in [2.45, 2.75) is 26.4 Å². The maximum Gasteiger partial charge on any atom is 0.0948 e. The molecule has 0 aromatic carbocycles. The first kappa shape index (κ1) is 11.2. The number of hydrogen-bond acceptors (Lipinski definition) is 3. The van der Waals surface area contributed by atoms with Crippen LogP contribution in [0.5, 0.6) is 0 Å². The first-order valence-corrected chi connectivity index (χ1v) is 5.06. The van der Waals surface area contributed by atoms with E-state index in [4.69, 9.17) is 5.11 Å². The van der Waals surface area contributed by atoms with Crippen LogP contribution in [0.25, 0.3) is 0 Å². The zero-order chi connectivity index (χ0) is 10.4. The van der Waals surface area contributed by atoms with Gasteiger partial charge in [-0.1, -0.05) is 6.92 Å². The van der Waals surface area contributed by atoms with E-state index >= 15 is 0 Å². The van der Waals surface area contributed by atoms with Crippen LogP contribution in [0.15, 0.2) is 12.5 Å². The molecule has 1 rings (SSSR count). The Bertz CT molecular complexity index is 260. The predicted octanol–water partition coefficient (Wildman–Crippen LogP) is 0.717. The van der Waals surface area contributed by atoms with Crippen LogP contribution >= 0.6 is 0 Å². The van der Waals surface area contributed by atoms with E-state index in [2.05, 4.69) is 21.4 Å². The van der Waals surface area contributed by atoms with Crippen molar-refractivity contribution in [3.8, 4) is 0 Å². The molecule has 14 heavy (non-hydrogen) atoms. The maximum atomic E-state index is 8.77. The number of aliphatic hydroxyl groups excluding tert-OH is 1. The molecule has 1 heterocycles. The van der Waals surface area contributed by atoms with E-state index in [0.717, 1.165) is 19.5 Å². The largest absolute Gasteiger partial charge is 0.395 e. The molecule has 4 nitrogen and oxygen atoms in total. The first-order chi connectivity index (χ1) is 6.77. The van der Waals surface area contributed by atoms with Gasteiger partial charge < -0.3 is 9.67 Å². The SMILES string of the molecule is CCCn1cncc1CN(C)CCO. The Labute approximate surface area is 85.2 Å². The van der Waals surface area contributed by atoms with Crippen LogP contribution in [-0.4, -0.2) is 39.8 Å². The fraction of sp³-hybridized carbons (Fsp3) is 0.700. The minimum absolute atomic E-state index is 0.207. The molecule has 0 aliphatic carbocycles. The minimum atomic E-state index is 0.207. The van der Waals surface area contributed by atoms with Gasteiger partial charge in [0.15, 0.2) is 0 Å². The fourth-order valence-corrected chi connectivity index (χ4v) is 1.45. The number of rotatable bonds is 6. The van der Waals surface area contributed by atoms with E-state index in [-0.39, 0.29) is 6.61 Å². The quantitative estimate of drug-likeness (QED) is 0.730. The summed E-state index contributed by atoms with van der Waals surface area (Å²) in [6.45, 7) is 4.93. The fourth-order valence-electron chi connectivity index (χ4n) is 1.45. The molecule has 0 bridgehead atoms. The standard InChI is InChI=1S/C10H19N3O/c1-3-4-13-9-11-7-10(13)8-12(2)5-6-14/h7,9,14H,3-6,8H2,1-2H3. The number of nitrogens with zero attached hydrogens (tertiary/aromatic N) is 3. The molecule has 1 N–H and O–H groups in total. The van der Waals surface area contributed by atoms with Crippen molar-refractivity contribution < 1.29 is 5.11 Å². The number of likely N-dealkylation sites (N-methyl/N-ethyl adjacent to an activating group) is 1. The van der Waals surface area contributed by atoms with Crippen LogP contribution in [0, 0.1) is 0 Å². The van der Waals surface area contributed by atoms with E-state index in [1.807, 2.05) is 19.6 Å². The monoisotopic (exact) mass is 197 g/mol. The van der Waals surface area contributed by atoms with Gasteiger partial charge in [0.25, 0.3) is 0 Å². The Hall–Kier alpha value is -0.870. The van der Waals surface area contributed by atoms with Crippen LogP contribution in [-0.2, 0) is 13.1 Å². The van der Waals surface area contributed by atoms with Gasteiger partial charge in [0.05, 0.1) is 18.6 Å². The normalized spacial score (nSPS) is 11.1. The van der Waals surface area contributed by atoms with E-state index in [9.17, 15) is 0 Å². The topological polar surface area (TPSA) is 41.3 Å². The molecule has 0 spiro atoms. The van der Waals surface area contributed by atoms with E-state index in [0.29, 0.717) is 6.54 Å². The third-order valence-electron chi connectivity index (χ3n) is 2.18. The third kappa shape index (κ3) is 3.12. The van der Waals surface area contributed by atoms with Crippen LogP contribution in [0.2, 0.25) is 0 Å². The number of aryl methyl sites for hydroxylation is 1. The van der Waals surface area contributed by atoms with E-state index < -0.39 is 0 Å². The van der Waals surface area contributed by atoms with Gasteiger partial charge in [-0.3, -0.25) is 4.90 Å². The highest BCUT2D eigenvalue weighted by molar-refractivity contribution is 4.97. The molecule has 4 heteroatoms. The van der Waals surface area contributed by atoms with Crippen molar-refractivity contribution in [2.24, 2.45) is 0 Å². The summed E-state index contributed by atoms with van der Waals surface area (Å²) >= 11 is 0. The molecule has 0 atom stereocenters. The number of hydrogen-bond donors (Lipinski definition) is 1. The van der Waals surface area contributed by atoms with Crippen molar-refractivity contribution in [3.63, 3.8) is 0 Å². The van der Waals surface area contributed by atoms with Gasteiger partial charge in [0.1, 0.15) is 0 Å². The highest BCUT2D eigenvalue weighted by atomic mass is 16.3. The third-order valence-corrected chi connectivity index (χ3v) is 2.18. The lowest BCUT2D eigenvalue weighted by molar-refractivity contribution is 0.214. The second-order valence-corrected chi connectivity index (χ2v) is 3.54. The summed E-state index contributed by atoms with van der Waals surface area (Å²) in [6, 6.07) is 0. The molecule has 0 saturated carbocycles. The van der Waals surface area contributed by atoms with Gasteiger partial charge in [-0.2, -0.15) is 0 Å². The molecule has 0 saturated heterocycles. The van der Waals surface area contributed by atoms with E-state index in [1.165, 1.54) is 5.69 Å². The Morgan fingerprint density at radius 3 is 3.00 bits per heavy atom. The van der Waals surface area contributed by atoms with Gasteiger partial charge in [-0.05, 0) is 13.5 Å². The average Bonchev–Trinajstić information content (AvgIpc) is 2.54. The molecule has 0 radical (unpaired) electrons. The van der Waals surface area contributed by atoms with Crippen LogP contribution in [0.1, 0.15) is 19.0 Å². The molecule has 0 amide bonds. The highest BCUT2D eigenvalue weighted by Crippen LogP contribution is 2.03. The Balaban J connectivity index is 2.52. The lowest BCUT2D eigenvalue weighted by Crippen LogP contribution is -2.23. The maximum absolute atomic E-state index is 8.77. The number of imidazole rings is 1. The molecule has 1 aromatic rings. The number of aliphatic hydroxyl groups is 1. The van der Waals surface area contributed by atoms with Crippen molar-refractivity contribution in [1.29, 1.82) is 0 Å². The second-order valence-electron chi connectivity index (χ2n) is 3.54. The first-order valence-electron chi connectivity index (χ1n) is 5.06. The molecular weight excluding hydrogens is 178 g/mol. The summed E-state index contributed by atoms with van der Waals surface area (Å²) in [7, 11) is 2.00. The summed E-state index contributed by atoms with van der Waals surface area (Å²) in [4.78, 5) is 6.21. The van der Waals surface area contributed by atoms with Gasteiger partial charge >= 0.3 is 0 Å². The zero-order valence-electron chi connectivity index (χ0n) is 8.98. The van der Waals surface area contributed by atoms with Crippen LogP contribution in [0.4, 0.5) is 0 Å².